The van der Waals surface area contributed by atoms with Crippen LogP contribution in [0, 0.1) is 6.92 Å². The molecule has 0 radical (unpaired) electrons. The van der Waals surface area contributed by atoms with E-state index in [1.54, 1.807) is 0 Å². The predicted molar refractivity (Wildman–Crippen MR) is 60.9 cm³/mol. The summed E-state index contributed by atoms with van der Waals surface area (Å²) in [6.07, 6.45) is 2.32. The molecule has 2 N–H and O–H groups in total. The molecule has 3 rings (SSSR count). The third kappa shape index (κ3) is 1.46. The predicted octanol–water partition coefficient (Wildman–Crippen LogP) is 2.50. The van der Waals surface area contributed by atoms with E-state index in [0.717, 1.165) is 29.9 Å². The Hall–Kier alpha value is -1.84. The average Bonchev–Trinajstić information content (AvgIpc) is 2.99. The normalized spacial score (nSPS) is 15.3. The standard InChI is InChI=1S/C12H13N3O/c1-7-3-2-4-9(13)10(7)12-15-14-11(16-12)8-5-6-8/h2-4,8H,5-6,13H2,1H3. The maximum Gasteiger partial charge on any atom is 0.250 e. The first kappa shape index (κ1) is 9.39. The summed E-state index contributed by atoms with van der Waals surface area (Å²) in [5.74, 6) is 1.77. The minimum atomic E-state index is 0.478. The number of rotatable bonds is 2. The zero-order valence-electron chi connectivity index (χ0n) is 9.10. The minimum absolute atomic E-state index is 0.478. The number of benzene rings is 1. The van der Waals surface area contributed by atoms with E-state index < -0.39 is 0 Å². The number of hydrogen-bond donors (Lipinski definition) is 1. The zero-order chi connectivity index (χ0) is 11.1. The van der Waals surface area contributed by atoms with Gasteiger partial charge in [0.25, 0.3) is 0 Å². The molecular formula is C12H13N3O. The second-order valence-electron chi connectivity index (χ2n) is 4.26. The van der Waals surface area contributed by atoms with Crippen molar-refractivity contribution in [3.8, 4) is 11.5 Å². The summed E-state index contributed by atoms with van der Waals surface area (Å²) < 4.78 is 5.65. The summed E-state index contributed by atoms with van der Waals surface area (Å²) in [6.45, 7) is 1.99. The maximum absolute atomic E-state index is 5.93. The highest BCUT2D eigenvalue weighted by atomic mass is 16.4. The van der Waals surface area contributed by atoms with E-state index in [-0.39, 0.29) is 0 Å². The lowest BCUT2D eigenvalue weighted by atomic mass is 10.1. The highest BCUT2D eigenvalue weighted by molar-refractivity contribution is 5.73. The number of nitrogen functional groups attached to an aromatic ring is 1. The molecule has 82 valence electrons. The van der Waals surface area contributed by atoms with Gasteiger partial charge in [0.05, 0.1) is 5.56 Å². The van der Waals surface area contributed by atoms with Crippen molar-refractivity contribution in [2.75, 3.05) is 5.73 Å². The highest BCUT2D eigenvalue weighted by Gasteiger charge is 2.29. The molecule has 1 aromatic heterocycles. The van der Waals surface area contributed by atoms with Gasteiger partial charge in [-0.15, -0.1) is 10.2 Å². The SMILES string of the molecule is Cc1cccc(N)c1-c1nnc(C2CC2)o1. The van der Waals surface area contributed by atoms with Crippen molar-refractivity contribution in [2.45, 2.75) is 25.7 Å². The smallest absolute Gasteiger partial charge is 0.250 e. The van der Waals surface area contributed by atoms with Crippen LogP contribution >= 0.6 is 0 Å². The van der Waals surface area contributed by atoms with Crippen molar-refractivity contribution < 1.29 is 4.42 Å². The van der Waals surface area contributed by atoms with Gasteiger partial charge in [-0.1, -0.05) is 12.1 Å². The van der Waals surface area contributed by atoms with Crippen LogP contribution in [0.15, 0.2) is 22.6 Å². The summed E-state index contributed by atoms with van der Waals surface area (Å²) in [4.78, 5) is 0. The van der Waals surface area contributed by atoms with Crippen LogP contribution < -0.4 is 5.73 Å². The van der Waals surface area contributed by atoms with E-state index in [2.05, 4.69) is 10.2 Å². The molecule has 4 heteroatoms. The Morgan fingerprint density at radius 1 is 1.31 bits per heavy atom. The van der Waals surface area contributed by atoms with Gasteiger partial charge in [-0.2, -0.15) is 0 Å². The summed E-state index contributed by atoms with van der Waals surface area (Å²) in [7, 11) is 0. The third-order valence-electron chi connectivity index (χ3n) is 2.89. The Labute approximate surface area is 93.5 Å². The van der Waals surface area contributed by atoms with Crippen LogP contribution in [0.2, 0.25) is 0 Å². The first-order chi connectivity index (χ1) is 7.75. The Kier molecular flexibility index (Phi) is 1.96. The lowest BCUT2D eigenvalue weighted by molar-refractivity contribution is 0.508. The van der Waals surface area contributed by atoms with Crippen LogP contribution in [-0.2, 0) is 0 Å². The molecule has 4 nitrogen and oxygen atoms in total. The lowest BCUT2D eigenvalue weighted by Gasteiger charge is -2.03. The Morgan fingerprint density at radius 2 is 2.12 bits per heavy atom. The third-order valence-corrected chi connectivity index (χ3v) is 2.89. The van der Waals surface area contributed by atoms with Gasteiger partial charge in [-0.3, -0.25) is 0 Å². The molecule has 1 saturated carbocycles. The zero-order valence-corrected chi connectivity index (χ0v) is 9.10. The van der Waals surface area contributed by atoms with Crippen molar-refractivity contribution in [1.82, 2.24) is 10.2 Å². The fourth-order valence-corrected chi connectivity index (χ4v) is 1.81. The average molecular weight is 215 g/mol. The maximum atomic E-state index is 5.93. The van der Waals surface area contributed by atoms with E-state index in [9.17, 15) is 0 Å². The van der Waals surface area contributed by atoms with Crippen LogP contribution in [0.25, 0.3) is 11.5 Å². The molecule has 0 aliphatic heterocycles. The summed E-state index contributed by atoms with van der Waals surface area (Å²) >= 11 is 0. The van der Waals surface area contributed by atoms with E-state index in [1.165, 1.54) is 0 Å². The van der Waals surface area contributed by atoms with Crippen molar-refractivity contribution >= 4 is 5.69 Å². The number of anilines is 1. The van der Waals surface area contributed by atoms with Crippen molar-refractivity contribution in [2.24, 2.45) is 0 Å². The molecule has 16 heavy (non-hydrogen) atoms. The van der Waals surface area contributed by atoms with Crippen LogP contribution in [0.1, 0.15) is 30.2 Å². The van der Waals surface area contributed by atoms with Gasteiger partial charge in [-0.05, 0) is 31.4 Å². The van der Waals surface area contributed by atoms with Gasteiger partial charge in [0, 0.05) is 11.6 Å². The summed E-state index contributed by atoms with van der Waals surface area (Å²) in [5, 5.41) is 8.14. The van der Waals surface area contributed by atoms with Gasteiger partial charge in [-0.25, -0.2) is 0 Å². The molecule has 0 spiro atoms. The highest BCUT2D eigenvalue weighted by Crippen LogP contribution is 2.40. The van der Waals surface area contributed by atoms with E-state index in [1.807, 2.05) is 25.1 Å². The quantitative estimate of drug-likeness (QED) is 0.782. The molecular weight excluding hydrogens is 202 g/mol. The molecule has 0 saturated heterocycles. The fourth-order valence-electron chi connectivity index (χ4n) is 1.81. The molecule has 2 aromatic rings. The molecule has 0 atom stereocenters. The summed E-state index contributed by atoms with van der Waals surface area (Å²) in [6, 6.07) is 5.77. The monoisotopic (exact) mass is 215 g/mol. The summed E-state index contributed by atoms with van der Waals surface area (Å²) in [5.41, 5.74) is 8.54. The van der Waals surface area contributed by atoms with Gasteiger partial charge in [0.1, 0.15) is 0 Å². The number of hydrogen-bond acceptors (Lipinski definition) is 4. The number of aryl methyl sites for hydroxylation is 1. The Balaban J connectivity index is 2.06. The van der Waals surface area contributed by atoms with E-state index >= 15 is 0 Å². The first-order valence-corrected chi connectivity index (χ1v) is 5.44. The van der Waals surface area contributed by atoms with E-state index in [0.29, 0.717) is 17.5 Å². The van der Waals surface area contributed by atoms with Crippen molar-refractivity contribution in [3.05, 3.63) is 29.7 Å². The number of nitrogens with zero attached hydrogens (tertiary/aromatic N) is 2. The second kappa shape index (κ2) is 3.33. The van der Waals surface area contributed by atoms with Gasteiger partial charge in [0.2, 0.25) is 11.8 Å². The topological polar surface area (TPSA) is 64.9 Å². The Morgan fingerprint density at radius 3 is 2.81 bits per heavy atom. The van der Waals surface area contributed by atoms with Gasteiger partial charge >= 0.3 is 0 Å². The molecule has 1 aromatic carbocycles. The fraction of sp³-hybridized carbons (Fsp3) is 0.333. The Bertz CT molecular complexity index is 509. The van der Waals surface area contributed by atoms with Gasteiger partial charge < -0.3 is 10.2 Å². The van der Waals surface area contributed by atoms with Crippen LogP contribution in [0.3, 0.4) is 0 Å². The van der Waals surface area contributed by atoms with Crippen molar-refractivity contribution in [1.29, 1.82) is 0 Å². The molecule has 0 amide bonds. The van der Waals surface area contributed by atoms with Crippen LogP contribution in [0.5, 0.6) is 0 Å². The van der Waals surface area contributed by atoms with Crippen molar-refractivity contribution in [3.63, 3.8) is 0 Å². The van der Waals surface area contributed by atoms with Crippen LogP contribution in [0.4, 0.5) is 5.69 Å². The van der Waals surface area contributed by atoms with Crippen LogP contribution in [-0.4, -0.2) is 10.2 Å². The van der Waals surface area contributed by atoms with Gasteiger partial charge in [0.15, 0.2) is 0 Å². The lowest BCUT2D eigenvalue weighted by Crippen LogP contribution is -1.92. The van der Waals surface area contributed by atoms with E-state index in [4.69, 9.17) is 10.2 Å². The number of nitrogens with two attached hydrogens (primary N) is 1. The molecule has 1 heterocycles. The molecule has 1 aliphatic rings. The largest absolute Gasteiger partial charge is 0.420 e. The molecule has 0 unspecified atom stereocenters. The second-order valence-corrected chi connectivity index (χ2v) is 4.26. The number of aromatic nitrogens is 2. The molecule has 0 bridgehead atoms. The molecule has 1 fully saturated rings. The minimum Gasteiger partial charge on any atom is -0.420 e. The molecule has 1 aliphatic carbocycles. The first-order valence-electron chi connectivity index (χ1n) is 5.44.